The van der Waals surface area contributed by atoms with Gasteiger partial charge in [0.2, 0.25) is 0 Å². The first-order chi connectivity index (χ1) is 7.46. The van der Waals surface area contributed by atoms with E-state index in [-0.39, 0.29) is 6.04 Å². The molecule has 1 rings (SSSR count). The third-order valence-electron chi connectivity index (χ3n) is 2.40. The molecule has 0 spiro atoms. The molecule has 0 saturated carbocycles. The molecule has 0 fully saturated rings. The van der Waals surface area contributed by atoms with Crippen molar-refractivity contribution in [3.8, 4) is 0 Å². The molecule has 0 aliphatic carbocycles. The summed E-state index contributed by atoms with van der Waals surface area (Å²) >= 11 is 0. The maximum atomic E-state index is 12.1. The number of nitrogens with zero attached hydrogens (tertiary/aromatic N) is 1. The Labute approximate surface area is 93.5 Å². The molecular formula is C11H17F3N2. The summed E-state index contributed by atoms with van der Waals surface area (Å²) in [4.78, 5) is 0. The molecular weight excluding hydrogens is 217 g/mol. The lowest BCUT2D eigenvalue weighted by Gasteiger charge is -2.14. The highest BCUT2D eigenvalue weighted by Gasteiger charge is 2.27. The highest BCUT2D eigenvalue weighted by molar-refractivity contribution is 5.15. The van der Waals surface area contributed by atoms with Gasteiger partial charge in [0.15, 0.2) is 0 Å². The molecule has 1 aromatic heterocycles. The van der Waals surface area contributed by atoms with Gasteiger partial charge in [-0.1, -0.05) is 13.8 Å². The van der Waals surface area contributed by atoms with Crippen LogP contribution in [0.4, 0.5) is 13.2 Å². The first-order valence-electron chi connectivity index (χ1n) is 5.42. The average Bonchev–Trinajstić information content (AvgIpc) is 2.59. The zero-order valence-electron chi connectivity index (χ0n) is 9.51. The van der Waals surface area contributed by atoms with Crippen molar-refractivity contribution in [1.82, 2.24) is 9.88 Å². The molecule has 0 saturated heterocycles. The summed E-state index contributed by atoms with van der Waals surface area (Å²) in [7, 11) is 0. The number of rotatable bonds is 5. The van der Waals surface area contributed by atoms with Crippen molar-refractivity contribution >= 4 is 0 Å². The van der Waals surface area contributed by atoms with Crippen molar-refractivity contribution in [2.24, 2.45) is 0 Å². The smallest absolute Gasteiger partial charge is 0.345 e. The van der Waals surface area contributed by atoms with Gasteiger partial charge in [-0.05, 0) is 24.6 Å². The van der Waals surface area contributed by atoms with Crippen LogP contribution in [-0.4, -0.2) is 17.3 Å². The lowest BCUT2D eigenvalue weighted by Crippen LogP contribution is -2.20. The molecule has 0 amide bonds. The molecule has 1 N–H and O–H groups in total. The fraction of sp³-hybridized carbons (Fsp3) is 0.636. The summed E-state index contributed by atoms with van der Waals surface area (Å²) in [6.07, 6.45) is -0.257. The van der Waals surface area contributed by atoms with E-state index < -0.39 is 12.7 Å². The standard InChI is InChI=1S/C11H17F3N2/c1-3-10(15-4-2)9-5-6-16(7-9)8-11(12,13)14/h5-7,10,15H,3-4,8H2,1-2H3. The van der Waals surface area contributed by atoms with Crippen LogP contribution in [0.5, 0.6) is 0 Å². The number of hydrogen-bond acceptors (Lipinski definition) is 1. The van der Waals surface area contributed by atoms with E-state index in [0.29, 0.717) is 0 Å². The second-order valence-electron chi connectivity index (χ2n) is 3.75. The van der Waals surface area contributed by atoms with Crippen molar-refractivity contribution < 1.29 is 13.2 Å². The van der Waals surface area contributed by atoms with Crippen molar-refractivity contribution in [2.45, 2.75) is 39.0 Å². The number of hydrogen-bond donors (Lipinski definition) is 1. The van der Waals surface area contributed by atoms with E-state index in [1.54, 1.807) is 12.3 Å². The van der Waals surface area contributed by atoms with Crippen molar-refractivity contribution in [3.05, 3.63) is 24.0 Å². The summed E-state index contributed by atoms with van der Waals surface area (Å²) in [5.41, 5.74) is 0.911. The van der Waals surface area contributed by atoms with Crippen LogP contribution in [0.2, 0.25) is 0 Å². The lowest BCUT2D eigenvalue weighted by molar-refractivity contribution is -0.140. The minimum Gasteiger partial charge on any atom is -0.345 e. The molecule has 0 radical (unpaired) electrons. The monoisotopic (exact) mass is 234 g/mol. The van der Waals surface area contributed by atoms with E-state index in [4.69, 9.17) is 0 Å². The largest absolute Gasteiger partial charge is 0.406 e. The third-order valence-corrected chi connectivity index (χ3v) is 2.40. The number of nitrogens with one attached hydrogen (secondary N) is 1. The Bertz CT molecular complexity index is 317. The summed E-state index contributed by atoms with van der Waals surface area (Å²) < 4.78 is 37.6. The predicted octanol–water partition coefficient (Wildman–Crippen LogP) is 3.11. The maximum Gasteiger partial charge on any atom is 0.406 e. The minimum absolute atomic E-state index is 0.138. The topological polar surface area (TPSA) is 17.0 Å². The molecule has 92 valence electrons. The van der Waals surface area contributed by atoms with Crippen LogP contribution in [0.3, 0.4) is 0 Å². The molecule has 0 aromatic carbocycles. The highest BCUT2D eigenvalue weighted by Crippen LogP contribution is 2.21. The van der Waals surface area contributed by atoms with Crippen LogP contribution in [-0.2, 0) is 6.54 Å². The van der Waals surface area contributed by atoms with Crippen LogP contribution in [0.1, 0.15) is 31.9 Å². The SMILES string of the molecule is CCNC(CC)c1ccn(CC(F)(F)F)c1. The van der Waals surface area contributed by atoms with E-state index in [0.717, 1.165) is 18.5 Å². The summed E-state index contributed by atoms with van der Waals surface area (Å²) in [5.74, 6) is 0. The first-order valence-corrected chi connectivity index (χ1v) is 5.42. The lowest BCUT2D eigenvalue weighted by atomic mass is 10.1. The Morgan fingerprint density at radius 2 is 2.06 bits per heavy atom. The van der Waals surface area contributed by atoms with Crippen LogP contribution in [0.15, 0.2) is 18.5 Å². The normalized spacial score (nSPS) is 14.1. The van der Waals surface area contributed by atoms with Crippen molar-refractivity contribution in [2.75, 3.05) is 6.54 Å². The van der Waals surface area contributed by atoms with Crippen LogP contribution < -0.4 is 5.32 Å². The van der Waals surface area contributed by atoms with Gasteiger partial charge in [0.25, 0.3) is 0 Å². The molecule has 5 heteroatoms. The Balaban J connectivity index is 2.69. The van der Waals surface area contributed by atoms with Gasteiger partial charge in [-0.3, -0.25) is 0 Å². The molecule has 1 unspecified atom stereocenters. The maximum absolute atomic E-state index is 12.1. The minimum atomic E-state index is -4.16. The van der Waals surface area contributed by atoms with Crippen molar-refractivity contribution in [3.63, 3.8) is 0 Å². The number of halogens is 3. The van der Waals surface area contributed by atoms with Gasteiger partial charge in [0.1, 0.15) is 6.54 Å². The molecule has 0 bridgehead atoms. The van der Waals surface area contributed by atoms with Crippen molar-refractivity contribution in [1.29, 1.82) is 0 Å². The number of alkyl halides is 3. The summed E-state index contributed by atoms with van der Waals surface area (Å²) in [6, 6.07) is 1.88. The van der Waals surface area contributed by atoms with E-state index in [1.165, 1.54) is 10.8 Å². The average molecular weight is 234 g/mol. The Morgan fingerprint density at radius 1 is 1.38 bits per heavy atom. The van der Waals surface area contributed by atoms with Crippen LogP contribution in [0, 0.1) is 0 Å². The highest BCUT2D eigenvalue weighted by atomic mass is 19.4. The summed E-state index contributed by atoms with van der Waals surface area (Å²) in [6.45, 7) is 3.88. The third kappa shape index (κ3) is 3.89. The van der Waals surface area contributed by atoms with Gasteiger partial charge < -0.3 is 9.88 Å². The Hall–Kier alpha value is -0.970. The fourth-order valence-corrected chi connectivity index (χ4v) is 1.72. The molecule has 1 atom stereocenters. The zero-order chi connectivity index (χ0) is 12.2. The molecule has 1 aromatic rings. The van der Waals surface area contributed by atoms with Gasteiger partial charge in [-0.2, -0.15) is 13.2 Å². The van der Waals surface area contributed by atoms with Gasteiger partial charge in [-0.25, -0.2) is 0 Å². The molecule has 0 aliphatic rings. The van der Waals surface area contributed by atoms with Crippen LogP contribution in [0.25, 0.3) is 0 Å². The van der Waals surface area contributed by atoms with E-state index in [2.05, 4.69) is 5.32 Å². The molecule has 16 heavy (non-hydrogen) atoms. The van der Waals surface area contributed by atoms with Gasteiger partial charge in [-0.15, -0.1) is 0 Å². The molecule has 0 aliphatic heterocycles. The second-order valence-corrected chi connectivity index (χ2v) is 3.75. The van der Waals surface area contributed by atoms with Crippen LogP contribution >= 0.6 is 0 Å². The Kier molecular flexibility index (Phi) is 4.41. The first kappa shape index (κ1) is 13.1. The van der Waals surface area contributed by atoms with E-state index in [1.807, 2.05) is 13.8 Å². The molecule has 1 heterocycles. The number of aromatic nitrogens is 1. The second kappa shape index (κ2) is 5.39. The summed E-state index contributed by atoms with van der Waals surface area (Å²) in [5, 5.41) is 3.23. The Morgan fingerprint density at radius 3 is 2.56 bits per heavy atom. The zero-order valence-corrected chi connectivity index (χ0v) is 9.51. The van der Waals surface area contributed by atoms with Gasteiger partial charge >= 0.3 is 6.18 Å². The van der Waals surface area contributed by atoms with E-state index in [9.17, 15) is 13.2 Å². The predicted molar refractivity (Wildman–Crippen MR) is 57.2 cm³/mol. The fourth-order valence-electron chi connectivity index (χ4n) is 1.72. The van der Waals surface area contributed by atoms with Gasteiger partial charge in [0, 0.05) is 18.4 Å². The van der Waals surface area contributed by atoms with E-state index >= 15 is 0 Å². The van der Waals surface area contributed by atoms with Gasteiger partial charge in [0.05, 0.1) is 0 Å². The molecule has 2 nitrogen and oxygen atoms in total. The quantitative estimate of drug-likeness (QED) is 0.828.